The molecule has 0 fully saturated rings. The van der Waals surface area contributed by atoms with E-state index < -0.39 is 0 Å². The summed E-state index contributed by atoms with van der Waals surface area (Å²) in [7, 11) is 0. The Kier molecular flexibility index (Phi) is 7.63. The zero-order chi connectivity index (χ0) is 38.9. The number of fused-ring (bicyclic) bond motifs is 3. The summed E-state index contributed by atoms with van der Waals surface area (Å²) in [5.41, 5.74) is 16.0. The first-order valence-electron chi connectivity index (χ1n) is 20.3. The molecular formula is C55H36N4. The highest BCUT2D eigenvalue weighted by molar-refractivity contribution is 6.25. The minimum atomic E-state index is 0.802. The molecule has 0 N–H and O–H groups in total. The van der Waals surface area contributed by atoms with Crippen LogP contribution in [0.3, 0.4) is 0 Å². The predicted molar refractivity (Wildman–Crippen MR) is 246 cm³/mol. The molecule has 3 aromatic heterocycles. The van der Waals surface area contributed by atoms with E-state index in [2.05, 4.69) is 180 Å². The minimum absolute atomic E-state index is 0.802. The number of rotatable bonds is 6. The number of nitrogens with zero attached hydrogens (tertiary/aromatic N) is 4. The van der Waals surface area contributed by atoms with E-state index in [1.807, 2.05) is 24.5 Å². The van der Waals surface area contributed by atoms with Gasteiger partial charge in [0.25, 0.3) is 0 Å². The van der Waals surface area contributed by atoms with E-state index in [4.69, 9.17) is 9.98 Å². The van der Waals surface area contributed by atoms with Crippen molar-refractivity contribution < 1.29 is 0 Å². The third-order valence-corrected chi connectivity index (χ3v) is 12.2. The van der Waals surface area contributed by atoms with Gasteiger partial charge in [-0.25, -0.2) is 4.98 Å². The van der Waals surface area contributed by atoms with Crippen molar-refractivity contribution >= 4 is 49.4 Å². The summed E-state index contributed by atoms with van der Waals surface area (Å²) in [5.74, 6) is 0. The maximum Gasteiger partial charge on any atom is 0.0721 e. The fourth-order valence-electron chi connectivity index (χ4n) is 9.31. The first kappa shape index (κ1) is 33.4. The second-order valence-electron chi connectivity index (χ2n) is 15.5. The summed E-state index contributed by atoms with van der Waals surface area (Å²) in [6.45, 7) is 0.802. The Labute approximate surface area is 341 Å². The molecule has 59 heavy (non-hydrogen) atoms. The second-order valence-corrected chi connectivity index (χ2v) is 15.5. The van der Waals surface area contributed by atoms with Crippen molar-refractivity contribution in [3.63, 3.8) is 0 Å². The monoisotopic (exact) mass is 752 g/mol. The third-order valence-electron chi connectivity index (χ3n) is 12.2. The minimum Gasteiger partial charge on any atom is -0.313 e. The van der Waals surface area contributed by atoms with Crippen molar-refractivity contribution in [2.45, 2.75) is 6.42 Å². The lowest BCUT2D eigenvalue weighted by molar-refractivity contribution is 0.875. The molecule has 0 saturated carbocycles. The van der Waals surface area contributed by atoms with Crippen LogP contribution in [0.25, 0.3) is 105 Å². The topological polar surface area (TPSA) is 43.1 Å². The van der Waals surface area contributed by atoms with Crippen LogP contribution in [0.5, 0.6) is 0 Å². The lowest BCUT2D eigenvalue weighted by Gasteiger charge is -2.15. The molecule has 8 aromatic carbocycles. The molecule has 0 spiro atoms. The van der Waals surface area contributed by atoms with Gasteiger partial charge in [-0.3, -0.25) is 9.98 Å². The Bertz CT molecular complexity index is 3380. The molecule has 1 aliphatic heterocycles. The van der Waals surface area contributed by atoms with Crippen LogP contribution in [-0.2, 0) is 6.42 Å². The molecular weight excluding hydrogens is 717 g/mol. The van der Waals surface area contributed by atoms with Crippen LogP contribution < -0.4 is 0 Å². The Morgan fingerprint density at radius 1 is 0.441 bits per heavy atom. The van der Waals surface area contributed by atoms with Crippen LogP contribution in [0.2, 0.25) is 0 Å². The average Bonchev–Trinajstić information content (AvgIpc) is 3.65. The summed E-state index contributed by atoms with van der Waals surface area (Å²) in [4.78, 5) is 14.3. The molecule has 0 bridgehead atoms. The van der Waals surface area contributed by atoms with Gasteiger partial charge < -0.3 is 4.57 Å². The zero-order valence-electron chi connectivity index (χ0n) is 32.2. The van der Waals surface area contributed by atoms with E-state index in [0.29, 0.717) is 0 Å². The summed E-state index contributed by atoms with van der Waals surface area (Å²) in [6.07, 6.45) is 6.66. The van der Waals surface area contributed by atoms with E-state index in [1.54, 1.807) is 0 Å². The van der Waals surface area contributed by atoms with Gasteiger partial charge in [0, 0.05) is 65.0 Å². The van der Waals surface area contributed by atoms with Crippen molar-refractivity contribution in [2.75, 3.05) is 6.54 Å². The highest BCUT2D eigenvalue weighted by atomic mass is 15.0. The molecule has 0 atom stereocenters. The van der Waals surface area contributed by atoms with Gasteiger partial charge in [-0.1, -0.05) is 127 Å². The summed E-state index contributed by atoms with van der Waals surface area (Å²) in [5, 5.41) is 8.81. The van der Waals surface area contributed by atoms with Crippen molar-refractivity contribution in [1.29, 1.82) is 0 Å². The zero-order valence-corrected chi connectivity index (χ0v) is 32.2. The van der Waals surface area contributed by atoms with Crippen molar-refractivity contribution in [2.24, 2.45) is 4.99 Å². The number of hydrogen-bond donors (Lipinski definition) is 0. The van der Waals surface area contributed by atoms with Crippen molar-refractivity contribution in [1.82, 2.24) is 14.5 Å². The third kappa shape index (κ3) is 5.56. The normalized spacial score (nSPS) is 12.5. The maximum absolute atomic E-state index is 5.31. The van der Waals surface area contributed by atoms with Gasteiger partial charge in [-0.2, -0.15) is 0 Å². The Morgan fingerprint density at radius 3 is 1.88 bits per heavy atom. The molecule has 11 aromatic rings. The highest BCUT2D eigenvalue weighted by Crippen LogP contribution is 2.41. The predicted octanol–water partition coefficient (Wildman–Crippen LogP) is 13.6. The molecule has 276 valence electrons. The van der Waals surface area contributed by atoms with E-state index >= 15 is 0 Å². The van der Waals surface area contributed by atoms with Crippen LogP contribution in [-0.4, -0.2) is 27.3 Å². The number of benzene rings is 8. The lowest BCUT2D eigenvalue weighted by Crippen LogP contribution is -2.07. The van der Waals surface area contributed by atoms with Gasteiger partial charge in [0.15, 0.2) is 0 Å². The molecule has 12 rings (SSSR count). The fraction of sp³-hybridized carbons (Fsp3) is 0.0364. The number of pyridine rings is 2. The van der Waals surface area contributed by atoms with Gasteiger partial charge in [-0.15, -0.1) is 0 Å². The van der Waals surface area contributed by atoms with Crippen LogP contribution in [0.15, 0.2) is 193 Å². The lowest BCUT2D eigenvalue weighted by atomic mass is 9.90. The summed E-state index contributed by atoms with van der Waals surface area (Å²) >= 11 is 0. The average molecular weight is 753 g/mol. The highest BCUT2D eigenvalue weighted by Gasteiger charge is 2.21. The van der Waals surface area contributed by atoms with Gasteiger partial charge in [0.2, 0.25) is 0 Å². The Morgan fingerprint density at radius 2 is 1.08 bits per heavy atom. The maximum atomic E-state index is 5.31. The van der Waals surface area contributed by atoms with Gasteiger partial charge in [0.1, 0.15) is 0 Å². The van der Waals surface area contributed by atoms with Crippen LogP contribution in [0.4, 0.5) is 0 Å². The molecule has 0 aliphatic carbocycles. The van der Waals surface area contributed by atoms with Crippen LogP contribution in [0.1, 0.15) is 11.3 Å². The van der Waals surface area contributed by atoms with E-state index in [0.717, 1.165) is 46.6 Å². The first-order chi connectivity index (χ1) is 29.2. The SMILES string of the molecule is C1=NCCc2c1c1cc(-c3ccc(-c4cc(-c5ccncc5)nc(-c5ccc6ccc7cccc8ccc5c6c78)c4)cc3)ccc1n2-c1ccc(-c2ccccc2)cc1. The second kappa shape index (κ2) is 13.5. The molecule has 0 amide bonds. The Balaban J connectivity index is 0.940. The van der Waals surface area contributed by atoms with E-state index in [1.165, 1.54) is 82.4 Å². The number of aliphatic imine (C=N–C) groups is 1. The number of hydrogen-bond acceptors (Lipinski definition) is 3. The number of aromatic nitrogens is 3. The fourth-order valence-corrected chi connectivity index (χ4v) is 9.31. The van der Waals surface area contributed by atoms with Gasteiger partial charge in [-0.05, 0) is 114 Å². The summed E-state index contributed by atoms with van der Waals surface area (Å²) in [6, 6.07) is 63.9. The van der Waals surface area contributed by atoms with Crippen LogP contribution in [0, 0.1) is 0 Å². The van der Waals surface area contributed by atoms with Crippen LogP contribution >= 0.6 is 0 Å². The Hall–Kier alpha value is -7.69. The van der Waals surface area contributed by atoms with Gasteiger partial charge >= 0.3 is 0 Å². The molecule has 4 heterocycles. The van der Waals surface area contributed by atoms with Crippen molar-refractivity contribution in [3.05, 3.63) is 200 Å². The summed E-state index contributed by atoms with van der Waals surface area (Å²) < 4.78 is 2.43. The molecule has 4 heteroatoms. The largest absolute Gasteiger partial charge is 0.313 e. The van der Waals surface area contributed by atoms with E-state index in [-0.39, 0.29) is 0 Å². The molecule has 1 aliphatic rings. The molecule has 0 saturated heterocycles. The molecule has 0 radical (unpaired) electrons. The smallest absolute Gasteiger partial charge is 0.0721 e. The molecule has 4 nitrogen and oxygen atoms in total. The molecule has 0 unspecified atom stereocenters. The quantitative estimate of drug-likeness (QED) is 0.159. The van der Waals surface area contributed by atoms with E-state index in [9.17, 15) is 0 Å². The van der Waals surface area contributed by atoms with Crippen molar-refractivity contribution in [3.8, 4) is 61.6 Å². The standard InChI is InChI=1S/C55H36N4/c1-2-5-35(6-3-1)36-15-20-45(21-16-36)59-52-24-19-43(31-48(52)49-34-57-30-27-53(49)59)37-9-11-38(12-10-37)44-32-50(39-25-28-56-29-26-39)58-51(33-44)46-22-17-42-14-13-40-7-4-8-41-18-23-47(46)55(42)54(40)41/h1-26,28-29,31-34H,27,30H2. The first-order valence-corrected chi connectivity index (χ1v) is 20.3. The van der Waals surface area contributed by atoms with Gasteiger partial charge in [0.05, 0.1) is 16.9 Å².